The molecule has 1 aliphatic rings. The highest BCUT2D eigenvalue weighted by Gasteiger charge is 2.30. The van der Waals surface area contributed by atoms with E-state index in [4.69, 9.17) is 23.2 Å². The molecule has 1 fully saturated rings. The van der Waals surface area contributed by atoms with E-state index < -0.39 is 0 Å². The van der Waals surface area contributed by atoms with Crippen LogP contribution in [0.2, 0.25) is 10.0 Å². The van der Waals surface area contributed by atoms with E-state index >= 15 is 0 Å². The number of nitrogens with one attached hydrogen (secondary N) is 1. The van der Waals surface area contributed by atoms with Gasteiger partial charge >= 0.3 is 0 Å². The Kier molecular flexibility index (Phi) is 5.44. The van der Waals surface area contributed by atoms with E-state index in [9.17, 15) is 4.79 Å². The lowest BCUT2D eigenvalue weighted by atomic mass is 10.0. The van der Waals surface area contributed by atoms with Gasteiger partial charge in [-0.2, -0.15) is 0 Å². The molecule has 0 aliphatic heterocycles. The van der Waals surface area contributed by atoms with Gasteiger partial charge in [0.1, 0.15) is 6.04 Å². The lowest BCUT2D eigenvalue weighted by molar-refractivity contribution is -0.126. The summed E-state index contributed by atoms with van der Waals surface area (Å²) in [4.78, 5) is 14.8. The minimum absolute atomic E-state index is 0.0382. The normalized spacial score (nSPS) is 15.3. The predicted molar refractivity (Wildman–Crippen MR) is 98.3 cm³/mol. The number of halogens is 2. The first-order valence-electron chi connectivity index (χ1n) is 8.04. The molecule has 0 spiro atoms. The predicted octanol–water partition coefficient (Wildman–Crippen LogP) is 4.45. The van der Waals surface area contributed by atoms with Crippen LogP contribution in [0.25, 0.3) is 0 Å². The van der Waals surface area contributed by atoms with Crippen LogP contribution in [0.5, 0.6) is 0 Å². The van der Waals surface area contributed by atoms with E-state index in [1.165, 1.54) is 0 Å². The maximum atomic E-state index is 12.8. The zero-order valence-corrected chi connectivity index (χ0v) is 15.0. The summed E-state index contributed by atoms with van der Waals surface area (Å²) in [6.07, 6.45) is 2.14. The molecule has 5 heteroatoms. The standard InChI is InChI=1S/C19H20Cl2N2O/c1-23(12-14-7-8-15(20)11-17(14)21)18(13-5-3-2-4-6-13)19(24)22-16-9-10-16/h2-8,11,16,18H,9-10,12H2,1H3,(H,22,24). The van der Waals surface area contributed by atoms with E-state index in [0.29, 0.717) is 22.6 Å². The number of likely N-dealkylation sites (N-methyl/N-ethyl adjacent to an activating group) is 1. The van der Waals surface area contributed by atoms with Crippen LogP contribution < -0.4 is 5.32 Å². The molecule has 2 aromatic rings. The van der Waals surface area contributed by atoms with Crippen LogP contribution in [0.4, 0.5) is 0 Å². The van der Waals surface area contributed by atoms with Gasteiger partial charge in [0.25, 0.3) is 0 Å². The van der Waals surface area contributed by atoms with Crippen LogP contribution in [0.1, 0.15) is 30.0 Å². The maximum absolute atomic E-state index is 12.8. The first-order valence-corrected chi connectivity index (χ1v) is 8.79. The molecule has 1 saturated carbocycles. The Bertz CT molecular complexity index is 717. The molecule has 2 aromatic carbocycles. The second kappa shape index (κ2) is 7.56. The Balaban J connectivity index is 1.82. The van der Waals surface area contributed by atoms with Crippen molar-refractivity contribution in [2.24, 2.45) is 0 Å². The number of hydrogen-bond acceptors (Lipinski definition) is 2. The Morgan fingerprint density at radius 1 is 1.21 bits per heavy atom. The topological polar surface area (TPSA) is 32.3 Å². The molecule has 1 amide bonds. The van der Waals surface area contributed by atoms with Crippen LogP contribution in [0.3, 0.4) is 0 Å². The van der Waals surface area contributed by atoms with Crippen molar-refractivity contribution in [1.29, 1.82) is 0 Å². The number of amides is 1. The van der Waals surface area contributed by atoms with Crippen molar-refractivity contribution < 1.29 is 4.79 Å². The molecule has 0 bridgehead atoms. The summed E-state index contributed by atoms with van der Waals surface area (Å²) in [6, 6.07) is 15.3. The third-order valence-electron chi connectivity index (χ3n) is 4.16. The summed E-state index contributed by atoms with van der Waals surface area (Å²) in [7, 11) is 1.94. The Morgan fingerprint density at radius 2 is 1.92 bits per heavy atom. The van der Waals surface area contributed by atoms with Gasteiger partial charge in [0.05, 0.1) is 0 Å². The SMILES string of the molecule is CN(Cc1ccc(Cl)cc1Cl)C(C(=O)NC1CC1)c1ccccc1. The number of rotatable bonds is 6. The van der Waals surface area contributed by atoms with Gasteiger partial charge < -0.3 is 5.32 Å². The molecule has 0 saturated heterocycles. The van der Waals surface area contributed by atoms with Gasteiger partial charge in [-0.15, -0.1) is 0 Å². The van der Waals surface area contributed by atoms with E-state index in [2.05, 4.69) is 5.32 Å². The molecule has 3 nitrogen and oxygen atoms in total. The highest BCUT2D eigenvalue weighted by molar-refractivity contribution is 6.35. The molecule has 126 valence electrons. The van der Waals surface area contributed by atoms with Crippen molar-refractivity contribution in [3.05, 3.63) is 69.7 Å². The molecule has 1 aliphatic carbocycles. The third kappa shape index (κ3) is 4.29. The van der Waals surface area contributed by atoms with Gasteiger partial charge in [-0.1, -0.05) is 59.6 Å². The van der Waals surface area contributed by atoms with Gasteiger partial charge in [0.15, 0.2) is 0 Å². The van der Waals surface area contributed by atoms with E-state index in [0.717, 1.165) is 24.0 Å². The largest absolute Gasteiger partial charge is 0.352 e. The van der Waals surface area contributed by atoms with Crippen molar-refractivity contribution in [1.82, 2.24) is 10.2 Å². The fourth-order valence-electron chi connectivity index (χ4n) is 2.76. The fourth-order valence-corrected chi connectivity index (χ4v) is 3.23. The van der Waals surface area contributed by atoms with Gasteiger partial charge in [0, 0.05) is 22.6 Å². The average molecular weight is 363 g/mol. The van der Waals surface area contributed by atoms with Crippen molar-refractivity contribution in [2.75, 3.05) is 7.05 Å². The van der Waals surface area contributed by atoms with Gasteiger partial charge in [-0.05, 0) is 43.1 Å². The third-order valence-corrected chi connectivity index (χ3v) is 4.75. The van der Waals surface area contributed by atoms with Crippen molar-refractivity contribution in [3.8, 4) is 0 Å². The van der Waals surface area contributed by atoms with E-state index in [-0.39, 0.29) is 11.9 Å². The second-order valence-corrected chi connectivity index (χ2v) is 7.09. The van der Waals surface area contributed by atoms with Crippen LogP contribution in [0, 0.1) is 0 Å². The Morgan fingerprint density at radius 3 is 2.54 bits per heavy atom. The molecule has 3 rings (SSSR count). The summed E-state index contributed by atoms with van der Waals surface area (Å²) in [5.74, 6) is 0.0382. The van der Waals surface area contributed by atoms with Crippen LogP contribution in [-0.2, 0) is 11.3 Å². The lowest BCUT2D eigenvalue weighted by Gasteiger charge is -2.28. The summed E-state index contributed by atoms with van der Waals surface area (Å²) in [5.41, 5.74) is 1.92. The number of carbonyl (C=O) groups is 1. The molecule has 1 atom stereocenters. The monoisotopic (exact) mass is 362 g/mol. The average Bonchev–Trinajstić information content (AvgIpc) is 3.35. The first kappa shape index (κ1) is 17.3. The molecular formula is C19H20Cl2N2O. The van der Waals surface area contributed by atoms with Crippen LogP contribution >= 0.6 is 23.2 Å². The molecule has 0 radical (unpaired) electrons. The molecular weight excluding hydrogens is 343 g/mol. The van der Waals surface area contributed by atoms with Gasteiger partial charge in [-0.25, -0.2) is 0 Å². The van der Waals surface area contributed by atoms with Crippen LogP contribution in [0.15, 0.2) is 48.5 Å². The minimum atomic E-state index is -0.349. The quantitative estimate of drug-likeness (QED) is 0.823. The Hall–Kier alpha value is -1.55. The van der Waals surface area contributed by atoms with Gasteiger partial charge in [0.2, 0.25) is 5.91 Å². The number of carbonyl (C=O) groups excluding carboxylic acids is 1. The second-order valence-electron chi connectivity index (χ2n) is 6.25. The Labute approximate surface area is 152 Å². The number of benzene rings is 2. The molecule has 1 N–H and O–H groups in total. The van der Waals surface area contributed by atoms with Crippen molar-refractivity contribution in [2.45, 2.75) is 31.5 Å². The van der Waals surface area contributed by atoms with E-state index in [1.54, 1.807) is 6.07 Å². The summed E-state index contributed by atoms with van der Waals surface area (Å²) >= 11 is 12.3. The molecule has 0 heterocycles. The highest BCUT2D eigenvalue weighted by atomic mass is 35.5. The zero-order valence-electron chi connectivity index (χ0n) is 13.5. The molecule has 1 unspecified atom stereocenters. The fraction of sp³-hybridized carbons (Fsp3) is 0.316. The van der Waals surface area contributed by atoms with Gasteiger partial charge in [-0.3, -0.25) is 9.69 Å². The molecule has 0 aromatic heterocycles. The number of nitrogens with zero attached hydrogens (tertiary/aromatic N) is 1. The minimum Gasteiger partial charge on any atom is -0.352 e. The van der Waals surface area contributed by atoms with E-state index in [1.807, 2.05) is 54.4 Å². The molecule has 24 heavy (non-hydrogen) atoms. The maximum Gasteiger partial charge on any atom is 0.242 e. The van der Waals surface area contributed by atoms with Crippen LogP contribution in [-0.4, -0.2) is 23.9 Å². The summed E-state index contributed by atoms with van der Waals surface area (Å²) < 4.78 is 0. The van der Waals surface area contributed by atoms with Crippen molar-refractivity contribution >= 4 is 29.1 Å². The highest BCUT2D eigenvalue weighted by Crippen LogP contribution is 2.28. The summed E-state index contributed by atoms with van der Waals surface area (Å²) in [5, 5.41) is 4.33. The van der Waals surface area contributed by atoms with Crippen molar-refractivity contribution in [3.63, 3.8) is 0 Å². The first-order chi connectivity index (χ1) is 11.5. The zero-order chi connectivity index (χ0) is 17.1. The number of hydrogen-bond donors (Lipinski definition) is 1. The smallest absolute Gasteiger partial charge is 0.242 e. The summed E-state index contributed by atoms with van der Waals surface area (Å²) in [6.45, 7) is 0.563. The lowest BCUT2D eigenvalue weighted by Crippen LogP contribution is -2.39.